The quantitative estimate of drug-likeness (QED) is 0.242. The number of rotatable bonds is 5. The van der Waals surface area contributed by atoms with Gasteiger partial charge in [-0.05, 0) is 60.6 Å². The number of alkyl halides is 6. The number of ketones is 2. The fraction of sp³-hybridized carbons (Fsp3) is 0.357. The monoisotopic (exact) mass is 721 g/mol. The van der Waals surface area contributed by atoms with E-state index in [0.29, 0.717) is 49.1 Å². The number of nitrogens with zero attached hydrogens (tertiary/aromatic N) is 4. The van der Waals surface area contributed by atoms with Gasteiger partial charge in [-0.3, -0.25) is 19.4 Å². The Balaban J connectivity index is 0.000000371. The molecule has 1 atom stereocenters. The van der Waals surface area contributed by atoms with Gasteiger partial charge in [-0.25, -0.2) is 17.7 Å². The van der Waals surface area contributed by atoms with E-state index in [2.05, 4.69) is 30.9 Å². The number of benzene rings is 1. The summed E-state index contributed by atoms with van der Waals surface area (Å²) in [4.78, 5) is 45.2. The Bertz CT molecular complexity index is 1800. The van der Waals surface area contributed by atoms with Crippen molar-refractivity contribution in [2.75, 3.05) is 35.3 Å². The van der Waals surface area contributed by atoms with Gasteiger partial charge in [0.2, 0.25) is 21.9 Å². The lowest BCUT2D eigenvalue weighted by molar-refractivity contribution is -0.193. The number of nitrogens with one attached hydrogen (secondary N) is 3. The molecule has 0 radical (unpaired) electrons. The number of hydrogen-bond donors (Lipinski definition) is 3. The van der Waals surface area contributed by atoms with Crippen LogP contribution in [0.4, 0.5) is 55.2 Å². The molecule has 3 N–H and O–H groups in total. The first-order valence-corrected chi connectivity index (χ1v) is 16.1. The maximum atomic E-state index is 12.9. The molecule has 1 saturated heterocycles. The first-order chi connectivity index (χ1) is 22.3. The number of sulfonamides is 1. The summed E-state index contributed by atoms with van der Waals surface area (Å²) in [5.74, 6) is -6.10. The minimum atomic E-state index is -5.77. The Morgan fingerprint density at radius 1 is 0.979 bits per heavy atom. The first-order valence-electron chi connectivity index (χ1n) is 13.9. The van der Waals surface area contributed by atoms with Gasteiger partial charge in [0.25, 0.3) is 0 Å². The van der Waals surface area contributed by atoms with E-state index in [0.717, 1.165) is 28.2 Å². The van der Waals surface area contributed by atoms with Gasteiger partial charge in [-0.1, -0.05) is 11.6 Å². The molecule has 2 aromatic heterocycles. The van der Waals surface area contributed by atoms with E-state index >= 15 is 0 Å². The molecule has 4 heterocycles. The number of anilines is 5. The molecular formula is C28H26ClF6N7O5S. The Kier molecular flexibility index (Phi) is 10.9. The van der Waals surface area contributed by atoms with E-state index in [1.807, 2.05) is 30.5 Å². The summed E-state index contributed by atoms with van der Waals surface area (Å²) < 4.78 is 92.0. The smallest absolute Gasteiger partial charge is 0.339 e. The van der Waals surface area contributed by atoms with Crippen LogP contribution in [0, 0.1) is 5.92 Å². The Labute approximate surface area is 274 Å². The van der Waals surface area contributed by atoms with E-state index in [-0.39, 0.29) is 18.2 Å². The number of Topliss-reactive ketones (excluding diaryl/α,β-unsaturated/α-hetero) is 2. The molecule has 1 aromatic carbocycles. The fourth-order valence-electron chi connectivity index (χ4n) is 4.74. The minimum Gasteiger partial charge on any atom is -0.339 e. The largest absolute Gasteiger partial charge is 0.458 e. The van der Waals surface area contributed by atoms with Crippen LogP contribution in [0.1, 0.15) is 24.0 Å². The van der Waals surface area contributed by atoms with Crippen LogP contribution in [-0.4, -0.2) is 76.8 Å². The fourth-order valence-corrected chi connectivity index (χ4v) is 5.80. The van der Waals surface area contributed by atoms with E-state index in [4.69, 9.17) is 11.6 Å². The van der Waals surface area contributed by atoms with E-state index in [1.165, 1.54) is 16.8 Å². The highest BCUT2D eigenvalue weighted by Gasteiger charge is 2.54. The summed E-state index contributed by atoms with van der Waals surface area (Å²) in [5.41, 5.74) is 4.23. The predicted octanol–water partition coefficient (Wildman–Crippen LogP) is 4.97. The normalized spacial score (nSPS) is 16.5. The molecule has 3 aromatic rings. The second-order valence-corrected chi connectivity index (χ2v) is 13.2. The lowest BCUT2D eigenvalue weighted by Crippen LogP contribution is -2.39. The second-order valence-electron chi connectivity index (χ2n) is 10.8. The Hall–Kier alpha value is -4.36. The molecule has 20 heteroatoms. The highest BCUT2D eigenvalue weighted by molar-refractivity contribution is 7.88. The van der Waals surface area contributed by atoms with Gasteiger partial charge in [-0.15, -0.1) is 0 Å². The molecule has 5 rings (SSSR count). The summed E-state index contributed by atoms with van der Waals surface area (Å²) in [5, 5.41) is 9.81. The van der Waals surface area contributed by atoms with Gasteiger partial charge in [0, 0.05) is 37.1 Å². The van der Waals surface area contributed by atoms with Crippen LogP contribution in [0.5, 0.6) is 0 Å². The molecule has 0 spiro atoms. The van der Waals surface area contributed by atoms with Crippen molar-refractivity contribution in [3.05, 3.63) is 59.0 Å². The van der Waals surface area contributed by atoms with Gasteiger partial charge >= 0.3 is 23.9 Å². The van der Waals surface area contributed by atoms with Crippen molar-refractivity contribution in [2.24, 2.45) is 5.92 Å². The number of carbonyl (C=O) groups is 3. The third-order valence-corrected chi connectivity index (χ3v) is 8.58. The summed E-state index contributed by atoms with van der Waals surface area (Å²) >= 11 is 6.33. The zero-order valence-corrected chi connectivity index (χ0v) is 26.3. The van der Waals surface area contributed by atoms with Crippen LogP contribution in [0.15, 0.2) is 42.9 Å². The number of fused-ring (bicyclic) bond motifs is 6. The van der Waals surface area contributed by atoms with Gasteiger partial charge in [0.15, 0.2) is 5.82 Å². The third-order valence-electron chi connectivity index (χ3n) is 7.03. The van der Waals surface area contributed by atoms with Crippen LogP contribution in [-0.2, 0) is 37.2 Å². The molecule has 12 nitrogen and oxygen atoms in total. The van der Waals surface area contributed by atoms with E-state index in [1.54, 1.807) is 6.20 Å². The molecule has 48 heavy (non-hydrogen) atoms. The number of aryl methyl sites for hydroxylation is 2. The van der Waals surface area contributed by atoms with Gasteiger partial charge in [0.05, 0.1) is 24.3 Å². The highest BCUT2D eigenvalue weighted by atomic mass is 35.5. The van der Waals surface area contributed by atoms with Gasteiger partial charge < -0.3 is 16.0 Å². The molecule has 0 saturated carbocycles. The number of aromatic nitrogens is 3. The second kappa shape index (κ2) is 14.4. The molecule has 0 aliphatic carbocycles. The molecule has 6 bridgehead atoms. The van der Waals surface area contributed by atoms with Crippen molar-refractivity contribution in [1.29, 1.82) is 0 Å². The Morgan fingerprint density at radius 3 is 2.29 bits per heavy atom. The number of pyridine rings is 1. The summed E-state index contributed by atoms with van der Waals surface area (Å²) in [6.07, 6.45) is -2.98. The molecule has 1 amide bonds. The molecular weight excluding hydrogens is 696 g/mol. The molecule has 2 aliphatic heterocycles. The summed E-state index contributed by atoms with van der Waals surface area (Å²) in [6.45, 7) is 0.832. The van der Waals surface area contributed by atoms with Crippen LogP contribution in [0.2, 0.25) is 5.02 Å². The van der Waals surface area contributed by atoms with E-state index in [9.17, 15) is 49.1 Å². The number of carbonyl (C=O) groups excluding carboxylic acids is 3. The molecule has 0 unspecified atom stereocenters. The number of halogens is 7. The average molecular weight is 722 g/mol. The van der Waals surface area contributed by atoms with Crippen molar-refractivity contribution in [1.82, 2.24) is 19.3 Å². The van der Waals surface area contributed by atoms with Crippen LogP contribution in [0.25, 0.3) is 0 Å². The summed E-state index contributed by atoms with van der Waals surface area (Å²) in [7, 11) is -3.24. The SMILES string of the molecule is CS(=O)(=O)N1CC[C@@H](CC(=O)Nc2ccc3cc2CCc2cncc(c2)Nc2ncc(Cl)c(n2)N3)C1.O=C(C(=O)C(F)(F)F)C(F)(F)F. The molecule has 258 valence electrons. The standard InChI is InChI=1S/C24H26ClN7O3S.C4F6O2/c1-36(34,35)32-7-6-16(14-32)9-22(33)30-21-5-4-18-10-17(21)3-2-15-8-19(12-26-11-15)29-24-27-13-20(25)23(28-18)31-24;5-3(6,7)1(11)2(12)4(8,9)10/h4-5,8,10-13,16H,2-3,6-7,9,14H2,1H3,(H,30,33)(H2,27,28,29,31);/t16-;/m0./s1. The predicted molar refractivity (Wildman–Crippen MR) is 162 cm³/mol. The minimum absolute atomic E-state index is 0.00106. The first kappa shape index (κ1) is 36.5. The van der Waals surface area contributed by atoms with Gasteiger partial charge in [-0.2, -0.15) is 31.3 Å². The maximum absolute atomic E-state index is 12.9. The zero-order valence-electron chi connectivity index (χ0n) is 24.7. The maximum Gasteiger partial charge on any atom is 0.458 e. The van der Waals surface area contributed by atoms with Gasteiger partial charge in [0.1, 0.15) is 5.02 Å². The zero-order chi connectivity index (χ0) is 35.4. The highest BCUT2D eigenvalue weighted by Crippen LogP contribution is 2.30. The van der Waals surface area contributed by atoms with Crippen LogP contribution in [0.3, 0.4) is 0 Å². The average Bonchev–Trinajstić information content (AvgIpc) is 3.46. The number of amides is 1. The van der Waals surface area contributed by atoms with Crippen LogP contribution >= 0.6 is 11.6 Å². The molecule has 2 aliphatic rings. The van der Waals surface area contributed by atoms with Crippen molar-refractivity contribution < 1.29 is 49.1 Å². The van der Waals surface area contributed by atoms with Crippen molar-refractivity contribution >= 4 is 67.9 Å². The lowest BCUT2D eigenvalue weighted by Gasteiger charge is -2.16. The number of hydrogen-bond acceptors (Lipinski definition) is 10. The van der Waals surface area contributed by atoms with Crippen molar-refractivity contribution in [2.45, 2.75) is 38.0 Å². The summed E-state index contributed by atoms with van der Waals surface area (Å²) in [6, 6.07) is 7.67. The third kappa shape index (κ3) is 9.83. The Morgan fingerprint density at radius 2 is 1.67 bits per heavy atom. The van der Waals surface area contributed by atoms with Crippen LogP contribution < -0.4 is 16.0 Å². The van der Waals surface area contributed by atoms with Crippen molar-refractivity contribution in [3.63, 3.8) is 0 Å². The topological polar surface area (TPSA) is 163 Å². The molecule has 1 fully saturated rings. The lowest BCUT2D eigenvalue weighted by atomic mass is 10.0. The van der Waals surface area contributed by atoms with E-state index < -0.39 is 33.9 Å². The van der Waals surface area contributed by atoms with Crippen molar-refractivity contribution in [3.8, 4) is 0 Å².